The minimum atomic E-state index is 0. The summed E-state index contributed by atoms with van der Waals surface area (Å²) < 4.78 is 1.13. The fourth-order valence-corrected chi connectivity index (χ4v) is 4.29. The summed E-state index contributed by atoms with van der Waals surface area (Å²) in [5.74, 6) is 0. The Morgan fingerprint density at radius 2 is 2.00 bits per heavy atom. The van der Waals surface area contributed by atoms with Gasteiger partial charge < -0.3 is 20.1 Å². The van der Waals surface area contributed by atoms with Gasteiger partial charge in [0.25, 0.3) is 0 Å². The quantitative estimate of drug-likeness (QED) is 0.786. The summed E-state index contributed by atoms with van der Waals surface area (Å²) in [6.45, 7) is 4.92. The zero-order valence-corrected chi connectivity index (χ0v) is 16.5. The molecular formula is C18H24BrClN4O. The maximum absolute atomic E-state index is 11.8. The van der Waals surface area contributed by atoms with E-state index in [2.05, 4.69) is 55.5 Å². The van der Waals surface area contributed by atoms with Crippen molar-refractivity contribution < 1.29 is 4.79 Å². The highest BCUT2D eigenvalue weighted by Crippen LogP contribution is 2.24. The molecule has 2 N–H and O–H groups in total. The summed E-state index contributed by atoms with van der Waals surface area (Å²) in [6, 6.07) is 6.93. The van der Waals surface area contributed by atoms with E-state index in [0.717, 1.165) is 56.5 Å². The largest absolute Gasteiger partial charge is 0.361 e. The lowest BCUT2D eigenvalue weighted by Crippen LogP contribution is -2.46. The molecule has 2 aromatic rings. The van der Waals surface area contributed by atoms with Gasteiger partial charge in [-0.25, -0.2) is 4.79 Å². The van der Waals surface area contributed by atoms with Crippen LogP contribution in [0.1, 0.15) is 18.4 Å². The van der Waals surface area contributed by atoms with Crippen molar-refractivity contribution in [3.63, 3.8) is 0 Å². The van der Waals surface area contributed by atoms with Crippen molar-refractivity contribution in [2.45, 2.75) is 25.3 Å². The first kappa shape index (κ1) is 18.5. The molecule has 0 radical (unpaired) electrons. The van der Waals surface area contributed by atoms with Crippen molar-refractivity contribution in [1.29, 1.82) is 0 Å². The lowest BCUT2D eigenvalue weighted by molar-refractivity contribution is 0.137. The monoisotopic (exact) mass is 426 g/mol. The highest BCUT2D eigenvalue weighted by molar-refractivity contribution is 9.10. The number of halogens is 2. The van der Waals surface area contributed by atoms with Crippen molar-refractivity contribution in [3.05, 3.63) is 34.4 Å². The third-order valence-electron chi connectivity index (χ3n) is 5.31. The molecule has 0 saturated carbocycles. The Labute approximate surface area is 162 Å². The Hall–Kier alpha value is -1.24. The Morgan fingerprint density at radius 3 is 2.72 bits per heavy atom. The third-order valence-corrected chi connectivity index (χ3v) is 5.81. The molecule has 2 aliphatic rings. The molecule has 4 rings (SSSR count). The summed E-state index contributed by atoms with van der Waals surface area (Å²) in [6.07, 6.45) is 5.38. The van der Waals surface area contributed by atoms with E-state index in [0.29, 0.717) is 6.04 Å². The fraction of sp³-hybridized carbons (Fsp3) is 0.500. The molecule has 136 valence electrons. The van der Waals surface area contributed by atoms with Crippen LogP contribution in [0.4, 0.5) is 4.79 Å². The number of nitrogens with zero attached hydrogens (tertiary/aromatic N) is 2. The summed E-state index contributed by atoms with van der Waals surface area (Å²) in [5.41, 5.74) is 2.58. The number of nitrogens with one attached hydrogen (secondary N) is 2. The zero-order chi connectivity index (χ0) is 16.5. The van der Waals surface area contributed by atoms with Gasteiger partial charge in [0.2, 0.25) is 0 Å². The number of H-pyrrole nitrogens is 1. The van der Waals surface area contributed by atoms with Crippen LogP contribution in [0.2, 0.25) is 0 Å². The topological polar surface area (TPSA) is 51.4 Å². The van der Waals surface area contributed by atoms with Crippen LogP contribution >= 0.6 is 28.3 Å². The normalized spacial score (nSPS) is 19.2. The number of fused-ring (bicyclic) bond motifs is 1. The Morgan fingerprint density at radius 1 is 1.20 bits per heavy atom. The van der Waals surface area contributed by atoms with E-state index < -0.39 is 0 Å². The van der Waals surface area contributed by atoms with Crippen LogP contribution < -0.4 is 5.32 Å². The molecule has 25 heavy (non-hydrogen) atoms. The van der Waals surface area contributed by atoms with Crippen molar-refractivity contribution in [3.8, 4) is 0 Å². The standard InChI is InChI=1S/C18H23BrN4O.ClH/c19-14-1-2-17-16(11-14)13(12-21-17)3-7-22-8-4-15(5-9-22)23-10-6-20-18(23)24;/h1-2,11-12,15,21H,3-10H2,(H,20,24);1H. The summed E-state index contributed by atoms with van der Waals surface area (Å²) in [4.78, 5) is 19.7. The van der Waals surface area contributed by atoms with Crippen LogP contribution in [-0.2, 0) is 6.42 Å². The van der Waals surface area contributed by atoms with Crippen LogP contribution in [0.25, 0.3) is 10.9 Å². The average molecular weight is 428 g/mol. The lowest BCUT2D eigenvalue weighted by Gasteiger charge is -2.36. The van der Waals surface area contributed by atoms with Crippen LogP contribution in [0.3, 0.4) is 0 Å². The number of likely N-dealkylation sites (tertiary alicyclic amines) is 1. The van der Waals surface area contributed by atoms with Crippen molar-refractivity contribution in [2.75, 3.05) is 32.7 Å². The second kappa shape index (κ2) is 7.98. The van der Waals surface area contributed by atoms with Gasteiger partial charge >= 0.3 is 6.03 Å². The van der Waals surface area contributed by atoms with E-state index in [1.54, 1.807) is 0 Å². The molecule has 2 fully saturated rings. The number of carbonyl (C=O) groups excluding carboxylic acids is 1. The van der Waals surface area contributed by atoms with Crippen molar-refractivity contribution >= 4 is 45.3 Å². The van der Waals surface area contributed by atoms with Crippen LogP contribution in [0.5, 0.6) is 0 Å². The highest BCUT2D eigenvalue weighted by Gasteiger charge is 2.30. The number of piperidine rings is 1. The minimum Gasteiger partial charge on any atom is -0.361 e. The smallest absolute Gasteiger partial charge is 0.317 e. The number of carbonyl (C=O) groups is 1. The number of aromatic amines is 1. The van der Waals surface area contributed by atoms with E-state index >= 15 is 0 Å². The molecule has 0 bridgehead atoms. The number of urea groups is 1. The molecule has 3 heterocycles. The van der Waals surface area contributed by atoms with Crippen LogP contribution in [-0.4, -0.2) is 59.6 Å². The summed E-state index contributed by atoms with van der Waals surface area (Å²) in [7, 11) is 0. The number of hydrogen-bond acceptors (Lipinski definition) is 2. The average Bonchev–Trinajstić information content (AvgIpc) is 3.19. The number of aromatic nitrogens is 1. The SMILES string of the molecule is Cl.O=C1NCCN1C1CCN(CCc2c[nH]c3ccc(Br)cc23)CC1. The zero-order valence-electron chi connectivity index (χ0n) is 14.1. The van der Waals surface area contributed by atoms with Crippen molar-refractivity contribution in [1.82, 2.24) is 20.1 Å². The molecule has 2 saturated heterocycles. The summed E-state index contributed by atoms with van der Waals surface area (Å²) in [5, 5.41) is 4.22. The Bertz CT molecular complexity index is 742. The second-order valence-corrected chi connectivity index (χ2v) is 7.67. The van der Waals surface area contributed by atoms with Crippen LogP contribution in [0.15, 0.2) is 28.9 Å². The fourth-order valence-electron chi connectivity index (χ4n) is 3.93. The van der Waals surface area contributed by atoms with E-state index in [1.807, 2.05) is 4.90 Å². The van der Waals surface area contributed by atoms with Crippen molar-refractivity contribution in [2.24, 2.45) is 0 Å². The van der Waals surface area contributed by atoms with E-state index in [1.165, 1.54) is 16.5 Å². The van der Waals surface area contributed by atoms with Gasteiger partial charge in [0.05, 0.1) is 0 Å². The molecule has 0 spiro atoms. The van der Waals surface area contributed by atoms with Gasteiger partial charge in [-0.1, -0.05) is 15.9 Å². The lowest BCUT2D eigenvalue weighted by atomic mass is 10.0. The minimum absolute atomic E-state index is 0. The molecule has 1 aromatic carbocycles. The van der Waals surface area contributed by atoms with E-state index in [-0.39, 0.29) is 18.4 Å². The number of amides is 2. The number of hydrogen-bond donors (Lipinski definition) is 2. The predicted molar refractivity (Wildman–Crippen MR) is 107 cm³/mol. The first-order chi connectivity index (χ1) is 11.7. The summed E-state index contributed by atoms with van der Waals surface area (Å²) >= 11 is 3.56. The molecular weight excluding hydrogens is 404 g/mol. The Balaban J connectivity index is 0.00000182. The molecule has 2 amide bonds. The van der Waals surface area contributed by atoms with Crippen LogP contribution in [0, 0.1) is 0 Å². The molecule has 0 atom stereocenters. The third kappa shape index (κ3) is 3.96. The number of benzene rings is 1. The van der Waals surface area contributed by atoms with E-state index in [9.17, 15) is 4.79 Å². The van der Waals surface area contributed by atoms with Gasteiger partial charge in [-0.15, -0.1) is 12.4 Å². The highest BCUT2D eigenvalue weighted by atomic mass is 79.9. The van der Waals surface area contributed by atoms with Gasteiger partial charge in [-0.05, 0) is 43.0 Å². The maximum Gasteiger partial charge on any atom is 0.317 e. The molecule has 0 unspecified atom stereocenters. The van der Waals surface area contributed by atoms with E-state index in [4.69, 9.17) is 0 Å². The predicted octanol–water partition coefficient (Wildman–Crippen LogP) is 3.38. The molecule has 2 aliphatic heterocycles. The first-order valence-electron chi connectivity index (χ1n) is 8.73. The van der Waals surface area contributed by atoms with Gasteiger partial charge in [0, 0.05) is 60.3 Å². The van der Waals surface area contributed by atoms with Gasteiger partial charge in [-0.3, -0.25) is 0 Å². The molecule has 7 heteroatoms. The maximum atomic E-state index is 11.8. The Kier molecular flexibility index (Phi) is 5.92. The first-order valence-corrected chi connectivity index (χ1v) is 9.52. The number of rotatable bonds is 4. The molecule has 1 aromatic heterocycles. The second-order valence-electron chi connectivity index (χ2n) is 6.75. The van der Waals surface area contributed by atoms with Gasteiger partial charge in [0.1, 0.15) is 0 Å². The molecule has 5 nitrogen and oxygen atoms in total. The van der Waals surface area contributed by atoms with Gasteiger partial charge in [-0.2, -0.15) is 0 Å². The molecule has 0 aliphatic carbocycles. The van der Waals surface area contributed by atoms with Gasteiger partial charge in [0.15, 0.2) is 0 Å².